The van der Waals surface area contributed by atoms with Gasteiger partial charge in [0.1, 0.15) is 5.82 Å². The van der Waals surface area contributed by atoms with E-state index in [2.05, 4.69) is 0 Å². The maximum Gasteiger partial charge on any atom is 0.328 e. The van der Waals surface area contributed by atoms with E-state index < -0.39 is 5.97 Å². The summed E-state index contributed by atoms with van der Waals surface area (Å²) in [5, 5.41) is 8.59. The molecule has 92 valence electrons. The quantitative estimate of drug-likeness (QED) is 0.818. The summed E-state index contributed by atoms with van der Waals surface area (Å²) in [6, 6.07) is 4.59. The Labute approximate surface area is 100 Å². The lowest BCUT2D eigenvalue weighted by Gasteiger charge is -2.25. The third kappa shape index (κ3) is 3.59. The van der Waals surface area contributed by atoms with E-state index in [4.69, 9.17) is 5.11 Å². The Morgan fingerprint density at radius 3 is 2.65 bits per heavy atom. The summed E-state index contributed by atoms with van der Waals surface area (Å²) < 4.78 is 13.1. The van der Waals surface area contributed by atoms with Crippen molar-refractivity contribution >= 4 is 17.7 Å². The van der Waals surface area contributed by atoms with Crippen LogP contribution in [0.5, 0.6) is 0 Å². The second-order valence-corrected chi connectivity index (χ2v) is 4.08. The minimum Gasteiger partial charge on any atom is -0.478 e. The van der Waals surface area contributed by atoms with Gasteiger partial charge in [-0.25, -0.2) is 9.18 Å². The van der Waals surface area contributed by atoms with E-state index in [0.29, 0.717) is 5.56 Å². The van der Waals surface area contributed by atoms with Crippen molar-refractivity contribution < 1.29 is 14.3 Å². The van der Waals surface area contributed by atoms with Crippen molar-refractivity contribution in [3.05, 3.63) is 35.7 Å². The smallest absolute Gasteiger partial charge is 0.328 e. The molecule has 4 heteroatoms. The van der Waals surface area contributed by atoms with Gasteiger partial charge < -0.3 is 10.0 Å². The molecule has 0 radical (unpaired) electrons. The maximum atomic E-state index is 13.1. The predicted molar refractivity (Wildman–Crippen MR) is 66.6 cm³/mol. The first-order chi connectivity index (χ1) is 7.91. The highest BCUT2D eigenvalue weighted by Crippen LogP contribution is 2.23. The second kappa shape index (κ2) is 5.48. The molecule has 1 aromatic carbocycles. The summed E-state index contributed by atoms with van der Waals surface area (Å²) in [5.74, 6) is -1.43. The second-order valence-electron chi connectivity index (χ2n) is 4.08. The first-order valence-electron chi connectivity index (χ1n) is 5.35. The van der Waals surface area contributed by atoms with Gasteiger partial charge in [0.15, 0.2) is 0 Å². The molecule has 0 saturated heterocycles. The van der Waals surface area contributed by atoms with Crippen LogP contribution in [0.2, 0.25) is 0 Å². The van der Waals surface area contributed by atoms with Crippen molar-refractivity contribution in [2.75, 3.05) is 11.9 Å². The van der Waals surface area contributed by atoms with E-state index in [1.165, 1.54) is 18.2 Å². The summed E-state index contributed by atoms with van der Waals surface area (Å²) in [6.07, 6.45) is 2.41. The highest BCUT2D eigenvalue weighted by atomic mass is 19.1. The number of halogens is 1. The number of benzene rings is 1. The lowest BCUT2D eigenvalue weighted by molar-refractivity contribution is -0.131. The summed E-state index contributed by atoms with van der Waals surface area (Å²) in [7, 11) is 1.88. The van der Waals surface area contributed by atoms with E-state index in [-0.39, 0.29) is 11.9 Å². The average molecular weight is 237 g/mol. The van der Waals surface area contributed by atoms with E-state index in [9.17, 15) is 9.18 Å². The molecule has 0 aliphatic rings. The van der Waals surface area contributed by atoms with Gasteiger partial charge in [-0.05, 0) is 38.1 Å². The van der Waals surface area contributed by atoms with Crippen molar-refractivity contribution in [3.8, 4) is 0 Å². The van der Waals surface area contributed by atoms with Crippen LogP contribution in [0.1, 0.15) is 19.4 Å². The number of anilines is 1. The monoisotopic (exact) mass is 237 g/mol. The van der Waals surface area contributed by atoms with Crippen LogP contribution in [-0.4, -0.2) is 24.2 Å². The summed E-state index contributed by atoms with van der Waals surface area (Å²) in [4.78, 5) is 12.4. The van der Waals surface area contributed by atoms with Gasteiger partial charge in [-0.15, -0.1) is 0 Å². The van der Waals surface area contributed by atoms with E-state index in [0.717, 1.165) is 11.8 Å². The van der Waals surface area contributed by atoms with E-state index in [1.54, 1.807) is 6.07 Å². The minimum absolute atomic E-state index is 0.248. The molecular formula is C13H16FNO2. The highest BCUT2D eigenvalue weighted by molar-refractivity contribution is 5.87. The molecule has 1 rings (SSSR count). The van der Waals surface area contributed by atoms with Crippen molar-refractivity contribution in [2.24, 2.45) is 0 Å². The summed E-state index contributed by atoms with van der Waals surface area (Å²) >= 11 is 0. The van der Waals surface area contributed by atoms with Crippen molar-refractivity contribution in [1.82, 2.24) is 0 Å². The fraction of sp³-hybridized carbons (Fsp3) is 0.308. The number of rotatable bonds is 4. The van der Waals surface area contributed by atoms with Crippen molar-refractivity contribution in [2.45, 2.75) is 19.9 Å². The van der Waals surface area contributed by atoms with E-state index >= 15 is 0 Å². The molecule has 0 amide bonds. The van der Waals surface area contributed by atoms with Gasteiger partial charge in [0.25, 0.3) is 0 Å². The molecule has 17 heavy (non-hydrogen) atoms. The van der Waals surface area contributed by atoms with Gasteiger partial charge in [-0.2, -0.15) is 0 Å². The van der Waals surface area contributed by atoms with Crippen LogP contribution in [-0.2, 0) is 4.79 Å². The number of aliphatic carboxylic acids is 1. The van der Waals surface area contributed by atoms with Crippen molar-refractivity contribution in [1.29, 1.82) is 0 Å². The molecule has 0 aliphatic carbocycles. The molecular weight excluding hydrogens is 221 g/mol. The number of carboxylic acids is 1. The Bertz CT molecular complexity index is 441. The number of hydrogen-bond donors (Lipinski definition) is 1. The molecule has 0 bridgehead atoms. The Kier molecular flexibility index (Phi) is 4.26. The molecule has 1 N–H and O–H groups in total. The van der Waals surface area contributed by atoms with Gasteiger partial charge in [-0.1, -0.05) is 0 Å². The topological polar surface area (TPSA) is 40.5 Å². The van der Waals surface area contributed by atoms with Gasteiger partial charge >= 0.3 is 5.97 Å². The van der Waals surface area contributed by atoms with Crippen LogP contribution in [0.25, 0.3) is 6.08 Å². The Balaban J connectivity index is 3.16. The fourth-order valence-corrected chi connectivity index (χ4v) is 1.42. The lowest BCUT2D eigenvalue weighted by atomic mass is 10.1. The van der Waals surface area contributed by atoms with Gasteiger partial charge in [-0.3, -0.25) is 0 Å². The normalized spacial score (nSPS) is 11.1. The number of hydrogen-bond acceptors (Lipinski definition) is 2. The van der Waals surface area contributed by atoms with Crippen molar-refractivity contribution in [3.63, 3.8) is 0 Å². The van der Waals surface area contributed by atoms with Gasteiger partial charge in [0.2, 0.25) is 0 Å². The van der Waals surface area contributed by atoms with Crippen LogP contribution in [0.4, 0.5) is 10.1 Å². The highest BCUT2D eigenvalue weighted by Gasteiger charge is 2.09. The summed E-state index contributed by atoms with van der Waals surface area (Å²) in [6.45, 7) is 4.02. The first kappa shape index (κ1) is 13.2. The van der Waals surface area contributed by atoms with Crippen LogP contribution < -0.4 is 4.90 Å². The predicted octanol–water partition coefficient (Wildman–Crippen LogP) is 2.77. The number of carbonyl (C=O) groups is 1. The fourth-order valence-electron chi connectivity index (χ4n) is 1.42. The molecule has 0 saturated carbocycles. The first-order valence-corrected chi connectivity index (χ1v) is 5.35. The molecule has 0 spiro atoms. The Morgan fingerprint density at radius 1 is 1.47 bits per heavy atom. The molecule has 0 heterocycles. The molecule has 0 aromatic heterocycles. The molecule has 3 nitrogen and oxygen atoms in total. The average Bonchev–Trinajstić information content (AvgIpc) is 2.25. The number of nitrogens with zero attached hydrogens (tertiary/aromatic N) is 1. The van der Waals surface area contributed by atoms with Crippen LogP contribution >= 0.6 is 0 Å². The zero-order chi connectivity index (χ0) is 13.0. The summed E-state index contributed by atoms with van der Waals surface area (Å²) in [5.41, 5.74) is 1.36. The molecule has 0 aliphatic heterocycles. The van der Waals surface area contributed by atoms with E-state index in [1.807, 2.05) is 25.8 Å². The number of carboxylic acid groups (broad SMARTS) is 1. The Morgan fingerprint density at radius 2 is 2.12 bits per heavy atom. The SMILES string of the molecule is CC(C)N(C)c1ccc(F)cc1/C=C/C(=O)O. The molecule has 0 atom stereocenters. The third-order valence-electron chi connectivity index (χ3n) is 2.55. The molecule has 0 unspecified atom stereocenters. The van der Waals surface area contributed by atoms with Crippen LogP contribution in [0.3, 0.4) is 0 Å². The van der Waals surface area contributed by atoms with Gasteiger partial charge in [0.05, 0.1) is 0 Å². The maximum absolute atomic E-state index is 13.1. The van der Waals surface area contributed by atoms with Crippen LogP contribution in [0, 0.1) is 5.82 Å². The standard InChI is InChI=1S/C13H16FNO2/c1-9(2)15(3)12-6-5-11(14)8-10(12)4-7-13(16)17/h4-9H,1-3H3,(H,16,17)/b7-4+. The minimum atomic E-state index is -1.05. The molecule has 0 fully saturated rings. The largest absolute Gasteiger partial charge is 0.478 e. The zero-order valence-corrected chi connectivity index (χ0v) is 10.1. The molecule has 1 aromatic rings. The van der Waals surface area contributed by atoms with Gasteiger partial charge in [0, 0.05) is 30.4 Å². The lowest BCUT2D eigenvalue weighted by Crippen LogP contribution is -2.26. The zero-order valence-electron chi connectivity index (χ0n) is 10.1. The Hall–Kier alpha value is -1.84. The van der Waals surface area contributed by atoms with Crippen LogP contribution in [0.15, 0.2) is 24.3 Å². The third-order valence-corrected chi connectivity index (χ3v) is 2.55.